The number of benzene rings is 1. The van der Waals surface area contributed by atoms with Gasteiger partial charge >= 0.3 is 0 Å². The van der Waals surface area contributed by atoms with Crippen LogP contribution in [-0.2, 0) is 9.84 Å². The van der Waals surface area contributed by atoms with E-state index in [4.69, 9.17) is 0 Å². The first-order valence-electron chi connectivity index (χ1n) is 6.25. The first-order chi connectivity index (χ1) is 7.97. The molecular weight excluding hydrogens is 232 g/mol. The van der Waals surface area contributed by atoms with E-state index in [1.54, 1.807) is 24.3 Å². The fraction of sp³-hybridized carbons (Fsp3) is 0.571. The molecule has 0 saturated heterocycles. The van der Waals surface area contributed by atoms with Crippen molar-refractivity contribution in [3.05, 3.63) is 30.3 Å². The van der Waals surface area contributed by atoms with Gasteiger partial charge in [-0.2, -0.15) is 0 Å². The molecule has 0 N–H and O–H groups in total. The zero-order valence-electron chi connectivity index (χ0n) is 10.9. The Morgan fingerprint density at radius 3 is 2.18 bits per heavy atom. The second-order valence-corrected chi connectivity index (χ2v) is 6.87. The van der Waals surface area contributed by atoms with Crippen LogP contribution in [-0.4, -0.2) is 14.2 Å². The standard InChI is InChI=1S/C14H22O2S/c1-4-8-12(2)13(3)11-17(15,16)14-9-6-5-7-10-14/h5-7,9-10,12-13H,4,8,11H2,1-3H3/t12-,13-/m1/s1. The van der Waals surface area contributed by atoms with Crippen molar-refractivity contribution in [1.82, 2.24) is 0 Å². The van der Waals surface area contributed by atoms with Crippen molar-refractivity contribution in [2.45, 2.75) is 38.5 Å². The Bertz CT molecular complexity index is 423. The van der Waals surface area contributed by atoms with Gasteiger partial charge in [-0.1, -0.05) is 51.8 Å². The number of sulfone groups is 1. The lowest BCUT2D eigenvalue weighted by Crippen LogP contribution is -2.19. The van der Waals surface area contributed by atoms with E-state index in [-0.39, 0.29) is 11.7 Å². The fourth-order valence-corrected chi connectivity index (χ4v) is 3.76. The summed E-state index contributed by atoms with van der Waals surface area (Å²) in [5, 5.41) is 0. The highest BCUT2D eigenvalue weighted by atomic mass is 32.2. The van der Waals surface area contributed by atoms with Crippen LogP contribution in [0.3, 0.4) is 0 Å². The van der Waals surface area contributed by atoms with Gasteiger partial charge in [-0.25, -0.2) is 8.42 Å². The SMILES string of the molecule is CCC[C@@H](C)[C@H](C)CS(=O)(=O)c1ccccc1. The molecule has 3 heteroatoms. The summed E-state index contributed by atoms with van der Waals surface area (Å²) in [5.74, 6) is 0.914. The average molecular weight is 254 g/mol. The maximum atomic E-state index is 12.2. The summed E-state index contributed by atoms with van der Waals surface area (Å²) in [6, 6.07) is 8.72. The van der Waals surface area contributed by atoms with Gasteiger partial charge in [0.25, 0.3) is 0 Å². The summed E-state index contributed by atoms with van der Waals surface area (Å²) in [7, 11) is -3.12. The zero-order chi connectivity index (χ0) is 12.9. The second-order valence-electron chi connectivity index (χ2n) is 4.84. The third-order valence-corrected chi connectivity index (χ3v) is 5.26. The molecule has 0 unspecified atom stereocenters. The zero-order valence-corrected chi connectivity index (χ0v) is 11.7. The predicted octanol–water partition coefficient (Wildman–Crippen LogP) is 3.53. The van der Waals surface area contributed by atoms with Gasteiger partial charge < -0.3 is 0 Å². The molecule has 0 bridgehead atoms. The lowest BCUT2D eigenvalue weighted by atomic mass is 9.93. The third kappa shape index (κ3) is 4.15. The molecule has 0 amide bonds. The van der Waals surface area contributed by atoms with Crippen molar-refractivity contribution < 1.29 is 8.42 Å². The molecular formula is C14H22O2S. The van der Waals surface area contributed by atoms with Crippen LogP contribution in [0.4, 0.5) is 0 Å². The molecule has 0 aliphatic heterocycles. The van der Waals surface area contributed by atoms with E-state index in [1.165, 1.54) is 0 Å². The molecule has 2 atom stereocenters. The van der Waals surface area contributed by atoms with Crippen LogP contribution in [0.15, 0.2) is 35.2 Å². The van der Waals surface area contributed by atoms with Crippen molar-refractivity contribution in [2.75, 3.05) is 5.75 Å². The van der Waals surface area contributed by atoms with Crippen LogP contribution in [0.1, 0.15) is 33.6 Å². The normalized spacial score (nSPS) is 15.5. The Hall–Kier alpha value is -0.830. The summed E-state index contributed by atoms with van der Waals surface area (Å²) in [5.41, 5.74) is 0. The Balaban J connectivity index is 2.74. The molecule has 0 radical (unpaired) electrons. The molecule has 17 heavy (non-hydrogen) atoms. The average Bonchev–Trinajstić information content (AvgIpc) is 2.30. The molecule has 0 aliphatic carbocycles. The molecule has 0 saturated carbocycles. The maximum Gasteiger partial charge on any atom is 0.178 e. The molecule has 2 nitrogen and oxygen atoms in total. The minimum absolute atomic E-state index is 0.208. The van der Waals surface area contributed by atoms with E-state index in [9.17, 15) is 8.42 Å². The first kappa shape index (κ1) is 14.2. The molecule has 0 heterocycles. The van der Waals surface area contributed by atoms with Crippen LogP contribution in [0.25, 0.3) is 0 Å². The second kappa shape index (κ2) is 6.20. The van der Waals surface area contributed by atoms with E-state index in [2.05, 4.69) is 13.8 Å². The molecule has 1 aromatic carbocycles. The number of hydrogen-bond acceptors (Lipinski definition) is 2. The smallest absolute Gasteiger partial charge is 0.178 e. The summed E-state index contributed by atoms with van der Waals surface area (Å²) in [6.45, 7) is 6.30. The Morgan fingerprint density at radius 1 is 1.06 bits per heavy atom. The summed E-state index contributed by atoms with van der Waals surface area (Å²) in [6.07, 6.45) is 2.20. The fourth-order valence-electron chi connectivity index (χ4n) is 1.97. The van der Waals surface area contributed by atoms with Gasteiger partial charge in [0.15, 0.2) is 9.84 Å². The monoisotopic (exact) mass is 254 g/mol. The number of hydrogen-bond donors (Lipinski definition) is 0. The van der Waals surface area contributed by atoms with Gasteiger partial charge in [0.2, 0.25) is 0 Å². The van der Waals surface area contributed by atoms with Crippen molar-refractivity contribution in [3.63, 3.8) is 0 Å². The van der Waals surface area contributed by atoms with Gasteiger partial charge in [-0.05, 0) is 24.0 Å². The molecule has 0 fully saturated rings. The van der Waals surface area contributed by atoms with E-state index >= 15 is 0 Å². The molecule has 1 aromatic rings. The summed E-state index contributed by atoms with van der Waals surface area (Å²) < 4.78 is 24.3. The third-order valence-electron chi connectivity index (χ3n) is 3.30. The van der Waals surface area contributed by atoms with Gasteiger partial charge in [-0.15, -0.1) is 0 Å². The molecule has 0 spiro atoms. The van der Waals surface area contributed by atoms with Gasteiger partial charge in [0.1, 0.15) is 0 Å². The van der Waals surface area contributed by atoms with Crippen LogP contribution < -0.4 is 0 Å². The van der Waals surface area contributed by atoms with Crippen molar-refractivity contribution in [2.24, 2.45) is 11.8 Å². The molecule has 1 rings (SSSR count). The summed E-state index contributed by atoms with van der Waals surface area (Å²) >= 11 is 0. The lowest BCUT2D eigenvalue weighted by Gasteiger charge is -2.19. The van der Waals surface area contributed by atoms with Gasteiger partial charge in [0.05, 0.1) is 10.6 Å². The van der Waals surface area contributed by atoms with Gasteiger partial charge in [-0.3, -0.25) is 0 Å². The molecule has 0 aliphatic rings. The van der Waals surface area contributed by atoms with E-state index in [1.807, 2.05) is 13.0 Å². The Kier molecular flexibility index (Phi) is 5.19. The molecule has 0 aromatic heterocycles. The highest BCUT2D eigenvalue weighted by Gasteiger charge is 2.21. The highest BCUT2D eigenvalue weighted by molar-refractivity contribution is 7.91. The largest absolute Gasteiger partial charge is 0.224 e. The van der Waals surface area contributed by atoms with Crippen molar-refractivity contribution in [1.29, 1.82) is 0 Å². The Morgan fingerprint density at radius 2 is 1.65 bits per heavy atom. The number of rotatable bonds is 6. The first-order valence-corrected chi connectivity index (χ1v) is 7.90. The van der Waals surface area contributed by atoms with E-state index < -0.39 is 9.84 Å². The Labute approximate surface area is 105 Å². The highest BCUT2D eigenvalue weighted by Crippen LogP contribution is 2.21. The van der Waals surface area contributed by atoms with Crippen LogP contribution in [0.2, 0.25) is 0 Å². The van der Waals surface area contributed by atoms with E-state index in [0.29, 0.717) is 10.8 Å². The predicted molar refractivity (Wildman–Crippen MR) is 71.7 cm³/mol. The quantitative estimate of drug-likeness (QED) is 0.778. The van der Waals surface area contributed by atoms with E-state index in [0.717, 1.165) is 12.8 Å². The van der Waals surface area contributed by atoms with Crippen molar-refractivity contribution in [3.8, 4) is 0 Å². The maximum absolute atomic E-state index is 12.2. The molecule has 96 valence electrons. The lowest BCUT2D eigenvalue weighted by molar-refractivity contribution is 0.388. The summed E-state index contributed by atoms with van der Waals surface area (Å²) in [4.78, 5) is 0.440. The minimum atomic E-state index is -3.12. The van der Waals surface area contributed by atoms with Crippen molar-refractivity contribution >= 4 is 9.84 Å². The van der Waals surface area contributed by atoms with Crippen LogP contribution in [0.5, 0.6) is 0 Å². The van der Waals surface area contributed by atoms with Crippen LogP contribution >= 0.6 is 0 Å². The minimum Gasteiger partial charge on any atom is -0.224 e. The van der Waals surface area contributed by atoms with Crippen LogP contribution in [0, 0.1) is 11.8 Å². The van der Waals surface area contributed by atoms with Gasteiger partial charge in [0, 0.05) is 0 Å². The topological polar surface area (TPSA) is 34.1 Å².